The van der Waals surface area contributed by atoms with Gasteiger partial charge in [0.15, 0.2) is 17.3 Å². The van der Waals surface area contributed by atoms with E-state index in [1.807, 2.05) is 30.3 Å². The Labute approximate surface area is 190 Å². The lowest BCUT2D eigenvalue weighted by Gasteiger charge is -2.29. The molecule has 32 heavy (non-hydrogen) atoms. The van der Waals surface area contributed by atoms with E-state index in [1.165, 1.54) is 19.1 Å². The molecule has 1 aliphatic carbocycles. The number of methoxy groups -OCH3 is 2. The Hall–Kier alpha value is -3.45. The average molecular weight is 449 g/mol. The number of thiophene rings is 1. The summed E-state index contributed by atoms with van der Waals surface area (Å²) in [5, 5.41) is 19.5. The van der Waals surface area contributed by atoms with Gasteiger partial charge in [-0.25, -0.2) is 0 Å². The number of ketones is 1. The number of phenolic OH excluding ortho intramolecular Hbond substituents is 1. The summed E-state index contributed by atoms with van der Waals surface area (Å²) >= 11 is 1.69. The Morgan fingerprint density at radius 3 is 2.38 bits per heavy atom. The lowest BCUT2D eigenvalue weighted by Crippen LogP contribution is -2.26. The minimum Gasteiger partial charge on any atom is -0.502 e. The molecule has 1 aromatic heterocycles. The first-order valence-corrected chi connectivity index (χ1v) is 11.3. The third-order valence-electron chi connectivity index (χ3n) is 6.09. The summed E-state index contributed by atoms with van der Waals surface area (Å²) < 4.78 is 10.8. The zero-order chi connectivity index (χ0) is 22.2. The number of fused-ring (bicyclic) bond motifs is 1. The van der Waals surface area contributed by atoms with E-state index in [-0.39, 0.29) is 17.5 Å². The van der Waals surface area contributed by atoms with Crippen LogP contribution in [-0.4, -0.2) is 25.1 Å². The van der Waals surface area contributed by atoms with E-state index in [0.717, 1.165) is 29.1 Å². The lowest BCUT2D eigenvalue weighted by molar-refractivity contribution is -0.116. The van der Waals surface area contributed by atoms with E-state index in [4.69, 9.17) is 9.47 Å². The van der Waals surface area contributed by atoms with Gasteiger partial charge in [0.05, 0.1) is 31.6 Å². The molecule has 2 heterocycles. The molecule has 0 unspecified atom stereocenters. The van der Waals surface area contributed by atoms with Crippen molar-refractivity contribution >= 4 is 28.5 Å². The molecule has 3 N–H and O–H groups in total. The van der Waals surface area contributed by atoms with Crippen LogP contribution in [0, 0.1) is 0 Å². The van der Waals surface area contributed by atoms with Crippen molar-refractivity contribution in [3.05, 3.63) is 75.6 Å². The van der Waals surface area contributed by atoms with E-state index in [1.54, 1.807) is 23.5 Å². The number of rotatable bonds is 4. The molecule has 1 aliphatic heterocycles. The first-order chi connectivity index (χ1) is 15.6. The Morgan fingerprint density at radius 2 is 1.72 bits per heavy atom. The van der Waals surface area contributed by atoms with Gasteiger partial charge in [-0.2, -0.15) is 0 Å². The van der Waals surface area contributed by atoms with Crippen LogP contribution in [-0.2, 0) is 4.79 Å². The highest BCUT2D eigenvalue weighted by Gasteiger charge is 2.37. The van der Waals surface area contributed by atoms with Gasteiger partial charge < -0.3 is 25.2 Å². The number of allylic oxidation sites excluding steroid dienone is 1. The highest BCUT2D eigenvalue weighted by atomic mass is 32.1. The Morgan fingerprint density at radius 1 is 1.00 bits per heavy atom. The fourth-order valence-corrected chi connectivity index (χ4v) is 5.38. The standard InChI is InChI=1S/C25H24N2O4S/c1-30-20-12-15(13-21(31-2)25(20)29)24-23-18(26-16-6-3-4-7-17(16)27-24)10-14(11-19(23)28)22-8-5-9-32-22/h3-9,12-14,24,26-27,29H,10-11H2,1-2H3/t14-,24+/m0/s1. The van der Waals surface area contributed by atoms with Gasteiger partial charge in [0.2, 0.25) is 5.75 Å². The molecular weight excluding hydrogens is 424 g/mol. The van der Waals surface area contributed by atoms with Crippen LogP contribution in [0.1, 0.15) is 35.2 Å². The lowest BCUT2D eigenvalue weighted by atomic mass is 9.80. The number of para-hydroxylation sites is 2. The second-order valence-electron chi connectivity index (χ2n) is 7.96. The minimum absolute atomic E-state index is 0.0622. The predicted molar refractivity (Wildman–Crippen MR) is 126 cm³/mol. The molecule has 0 spiro atoms. The van der Waals surface area contributed by atoms with Crippen molar-refractivity contribution in [2.75, 3.05) is 24.9 Å². The number of nitrogens with one attached hydrogen (secondary N) is 2. The minimum atomic E-state index is -0.415. The Kier molecular flexibility index (Phi) is 5.27. The molecule has 0 fully saturated rings. The molecule has 0 bridgehead atoms. The fraction of sp³-hybridized carbons (Fsp3) is 0.240. The molecule has 6 nitrogen and oxygen atoms in total. The number of Topliss-reactive ketones (excluding diaryl/α,β-unsaturated/α-hetero) is 1. The Balaban J connectivity index is 1.66. The van der Waals surface area contributed by atoms with E-state index in [0.29, 0.717) is 23.5 Å². The largest absolute Gasteiger partial charge is 0.502 e. The SMILES string of the molecule is COc1cc([C@H]2Nc3ccccc3NC3=C2C(=O)C[C@@H](c2cccs2)C3)cc(OC)c1O. The van der Waals surface area contributed by atoms with E-state index in [2.05, 4.69) is 22.1 Å². The van der Waals surface area contributed by atoms with Gasteiger partial charge in [0, 0.05) is 28.5 Å². The molecule has 7 heteroatoms. The number of hydrogen-bond donors (Lipinski definition) is 3. The summed E-state index contributed by atoms with van der Waals surface area (Å²) in [6.07, 6.45) is 1.21. The third kappa shape index (κ3) is 3.48. The zero-order valence-corrected chi connectivity index (χ0v) is 18.7. The maximum absolute atomic E-state index is 13.6. The number of carbonyl (C=O) groups is 1. The summed E-state index contributed by atoms with van der Waals surface area (Å²) in [5.74, 6) is 0.798. The number of ether oxygens (including phenoxy) is 2. The second kappa shape index (κ2) is 8.24. The average Bonchev–Trinajstić information content (AvgIpc) is 3.28. The molecule has 2 aromatic carbocycles. The van der Waals surface area contributed by atoms with Crippen molar-refractivity contribution in [3.8, 4) is 17.2 Å². The van der Waals surface area contributed by atoms with Crippen molar-refractivity contribution < 1.29 is 19.4 Å². The number of benzene rings is 2. The van der Waals surface area contributed by atoms with Crippen LogP contribution in [0.5, 0.6) is 17.2 Å². The number of phenols is 1. The van der Waals surface area contributed by atoms with Gasteiger partial charge >= 0.3 is 0 Å². The number of hydrogen-bond acceptors (Lipinski definition) is 7. The van der Waals surface area contributed by atoms with Crippen LogP contribution in [0.4, 0.5) is 11.4 Å². The fourth-order valence-electron chi connectivity index (χ4n) is 4.55. The van der Waals surface area contributed by atoms with Crippen molar-refractivity contribution in [2.24, 2.45) is 0 Å². The number of aromatic hydroxyl groups is 1. The van der Waals surface area contributed by atoms with Crippen molar-refractivity contribution in [1.82, 2.24) is 0 Å². The van der Waals surface area contributed by atoms with Crippen molar-refractivity contribution in [1.29, 1.82) is 0 Å². The first-order valence-electron chi connectivity index (χ1n) is 10.5. The summed E-state index contributed by atoms with van der Waals surface area (Å²) in [5.41, 5.74) is 4.25. The maximum Gasteiger partial charge on any atom is 0.200 e. The first kappa shape index (κ1) is 20.5. The van der Waals surface area contributed by atoms with Crippen molar-refractivity contribution in [3.63, 3.8) is 0 Å². The molecule has 0 radical (unpaired) electrons. The normalized spacial score (nSPS) is 19.9. The van der Waals surface area contributed by atoms with Gasteiger partial charge in [-0.1, -0.05) is 18.2 Å². The van der Waals surface area contributed by atoms with Crippen molar-refractivity contribution in [2.45, 2.75) is 24.8 Å². The topological polar surface area (TPSA) is 79.8 Å². The molecule has 164 valence electrons. The predicted octanol–water partition coefficient (Wildman–Crippen LogP) is 5.45. The van der Waals surface area contributed by atoms with Crippen LogP contribution in [0.25, 0.3) is 0 Å². The van der Waals surface area contributed by atoms with Gasteiger partial charge in [-0.05, 0) is 47.7 Å². The molecule has 0 saturated heterocycles. The number of anilines is 2. The van der Waals surface area contributed by atoms with Crippen LogP contribution >= 0.6 is 11.3 Å². The third-order valence-corrected chi connectivity index (χ3v) is 7.12. The van der Waals surface area contributed by atoms with Gasteiger partial charge in [-0.15, -0.1) is 11.3 Å². The molecule has 0 saturated carbocycles. The van der Waals surface area contributed by atoms with E-state index < -0.39 is 6.04 Å². The molecule has 2 atom stereocenters. The summed E-state index contributed by atoms with van der Waals surface area (Å²) in [4.78, 5) is 14.8. The van der Waals surface area contributed by atoms with Crippen LogP contribution in [0.15, 0.2) is 65.2 Å². The smallest absolute Gasteiger partial charge is 0.200 e. The summed E-state index contributed by atoms with van der Waals surface area (Å²) in [6.45, 7) is 0. The highest BCUT2D eigenvalue weighted by molar-refractivity contribution is 7.10. The highest BCUT2D eigenvalue weighted by Crippen LogP contribution is 2.47. The molecular formula is C25H24N2O4S. The van der Waals surface area contributed by atoms with E-state index in [9.17, 15) is 9.90 Å². The molecule has 5 rings (SSSR count). The summed E-state index contributed by atoms with van der Waals surface area (Å²) in [7, 11) is 3.00. The Bertz CT molecular complexity index is 1180. The molecule has 2 aliphatic rings. The quantitative estimate of drug-likeness (QED) is 0.493. The maximum atomic E-state index is 13.6. The molecule has 0 amide bonds. The monoisotopic (exact) mass is 448 g/mol. The van der Waals surface area contributed by atoms with Gasteiger partial charge in [0.25, 0.3) is 0 Å². The number of carbonyl (C=O) groups excluding carboxylic acids is 1. The van der Waals surface area contributed by atoms with Crippen LogP contribution in [0.2, 0.25) is 0 Å². The van der Waals surface area contributed by atoms with Crippen LogP contribution < -0.4 is 20.1 Å². The summed E-state index contributed by atoms with van der Waals surface area (Å²) in [6, 6.07) is 15.2. The molecule has 3 aromatic rings. The van der Waals surface area contributed by atoms with E-state index >= 15 is 0 Å². The van der Waals surface area contributed by atoms with Gasteiger partial charge in [0.1, 0.15) is 0 Å². The second-order valence-corrected chi connectivity index (χ2v) is 8.94. The van der Waals surface area contributed by atoms with Gasteiger partial charge in [-0.3, -0.25) is 4.79 Å². The zero-order valence-electron chi connectivity index (χ0n) is 17.8. The van der Waals surface area contributed by atoms with Crippen LogP contribution in [0.3, 0.4) is 0 Å².